The molecule has 210 valence electrons. The Morgan fingerprint density at radius 1 is 0.750 bits per heavy atom. The molecular formula is C35H64O. The summed E-state index contributed by atoms with van der Waals surface area (Å²) in [6.45, 7) is 28.7. The lowest BCUT2D eigenvalue weighted by Gasteiger charge is -2.67. The summed E-state index contributed by atoms with van der Waals surface area (Å²) < 4.78 is 6.69. The van der Waals surface area contributed by atoms with Crippen LogP contribution in [0.15, 0.2) is 0 Å². The van der Waals surface area contributed by atoms with Gasteiger partial charge in [0.1, 0.15) is 0 Å². The molecule has 0 spiro atoms. The van der Waals surface area contributed by atoms with Crippen LogP contribution >= 0.6 is 0 Å². The van der Waals surface area contributed by atoms with Crippen LogP contribution < -0.4 is 0 Å². The van der Waals surface area contributed by atoms with Crippen LogP contribution in [-0.4, -0.2) is 12.7 Å². The molecule has 0 aromatic rings. The average molecular weight is 501 g/mol. The summed E-state index contributed by atoms with van der Waals surface area (Å²) in [5, 5.41) is 0. The van der Waals surface area contributed by atoms with E-state index in [0.717, 1.165) is 42.1 Å². The predicted octanol–water partition coefficient (Wildman–Crippen LogP) is 10.6. The summed E-state index contributed by atoms with van der Waals surface area (Å²) in [7, 11) is 0. The maximum absolute atomic E-state index is 6.69. The van der Waals surface area contributed by atoms with Gasteiger partial charge >= 0.3 is 0 Å². The highest BCUT2D eigenvalue weighted by molar-refractivity contribution is 5.16. The number of hydrogen-bond acceptors (Lipinski definition) is 1. The van der Waals surface area contributed by atoms with Gasteiger partial charge in [-0.25, -0.2) is 0 Å². The van der Waals surface area contributed by atoms with Crippen LogP contribution in [0.4, 0.5) is 0 Å². The molecule has 0 radical (unpaired) electrons. The fraction of sp³-hybridized carbons (Fsp3) is 1.00. The third-order valence-electron chi connectivity index (χ3n) is 13.3. The first kappa shape index (κ1) is 29.0. The highest BCUT2D eigenvalue weighted by atomic mass is 16.5. The van der Waals surface area contributed by atoms with Gasteiger partial charge < -0.3 is 4.74 Å². The van der Waals surface area contributed by atoms with E-state index in [0.29, 0.717) is 22.3 Å². The van der Waals surface area contributed by atoms with Crippen molar-refractivity contribution in [1.29, 1.82) is 0 Å². The number of fused-ring (bicyclic) bond motifs is 5. The topological polar surface area (TPSA) is 9.23 Å². The Hall–Kier alpha value is -0.0400. The summed E-state index contributed by atoms with van der Waals surface area (Å²) >= 11 is 0. The second-order valence-electron chi connectivity index (χ2n) is 17.4. The van der Waals surface area contributed by atoms with E-state index in [9.17, 15) is 0 Å². The fourth-order valence-electron chi connectivity index (χ4n) is 11.1. The molecule has 1 heteroatoms. The summed E-state index contributed by atoms with van der Waals surface area (Å²) in [5.74, 6) is 5.36. The van der Waals surface area contributed by atoms with Crippen LogP contribution in [0.25, 0.3) is 0 Å². The molecule has 1 nitrogen and oxygen atoms in total. The van der Waals surface area contributed by atoms with Gasteiger partial charge in [0.15, 0.2) is 0 Å². The molecule has 4 saturated carbocycles. The van der Waals surface area contributed by atoms with E-state index in [4.69, 9.17) is 4.74 Å². The molecule has 0 saturated heterocycles. The second kappa shape index (κ2) is 9.86. The first-order valence-electron chi connectivity index (χ1n) is 16.2. The van der Waals surface area contributed by atoms with Gasteiger partial charge in [-0.3, -0.25) is 0 Å². The van der Waals surface area contributed by atoms with E-state index < -0.39 is 0 Å². The SMILES string of the molecule is CC(C)CCC[C@@H](C)[C@H]1CC[C@@]2(C)[C@@H]3CC[C@@H]4C(C)(C)[C@@H](OCC(C)(C)C)CC[C@]4(C)[C@H]3CC[C@]12C. The Labute approximate surface area is 226 Å². The standard InChI is InChI=1S/C35H64O/c1-24(2)13-12-14-25(3)26-17-21-35(11)28-15-16-29-32(7,8)30(36-23-31(4,5)6)19-20-33(29,9)27(28)18-22-34(26,35)10/h24-30H,12-23H2,1-11H3/t25-,26-,27+,28-,29-,30+,33-,34-,35+/m1/s1. The van der Waals surface area contributed by atoms with Crippen LogP contribution in [0.1, 0.15) is 147 Å². The van der Waals surface area contributed by atoms with Crippen molar-refractivity contribution in [3.05, 3.63) is 0 Å². The Morgan fingerprint density at radius 2 is 1.42 bits per heavy atom. The summed E-state index contributed by atoms with van der Waals surface area (Å²) in [6, 6.07) is 0. The van der Waals surface area contributed by atoms with Crippen molar-refractivity contribution >= 4 is 0 Å². The minimum absolute atomic E-state index is 0.252. The van der Waals surface area contributed by atoms with Crippen molar-refractivity contribution in [2.24, 2.45) is 62.6 Å². The van der Waals surface area contributed by atoms with Crippen molar-refractivity contribution in [1.82, 2.24) is 0 Å². The zero-order valence-corrected chi connectivity index (χ0v) is 26.4. The van der Waals surface area contributed by atoms with Crippen LogP contribution in [0.2, 0.25) is 0 Å². The van der Waals surface area contributed by atoms with E-state index in [1.165, 1.54) is 70.6 Å². The van der Waals surface area contributed by atoms with Gasteiger partial charge in [0.25, 0.3) is 0 Å². The number of hydrogen-bond donors (Lipinski definition) is 0. The van der Waals surface area contributed by atoms with Crippen molar-refractivity contribution < 1.29 is 4.74 Å². The Bertz CT molecular complexity index is 759. The summed E-state index contributed by atoms with van der Waals surface area (Å²) in [6.07, 6.45) is 16.2. The van der Waals surface area contributed by atoms with Gasteiger partial charge in [0.05, 0.1) is 12.7 Å². The molecule has 4 rings (SSSR count). The molecule has 0 aromatic carbocycles. The summed E-state index contributed by atoms with van der Waals surface area (Å²) in [5.41, 5.74) is 2.14. The molecule has 0 amide bonds. The van der Waals surface area contributed by atoms with E-state index >= 15 is 0 Å². The molecule has 0 bridgehead atoms. The smallest absolute Gasteiger partial charge is 0.0629 e. The molecule has 0 aromatic heterocycles. The molecule has 4 fully saturated rings. The van der Waals surface area contributed by atoms with E-state index in [-0.39, 0.29) is 10.8 Å². The quantitative estimate of drug-likeness (QED) is 0.338. The first-order valence-corrected chi connectivity index (χ1v) is 16.2. The van der Waals surface area contributed by atoms with Gasteiger partial charge in [-0.15, -0.1) is 0 Å². The molecule has 4 aliphatic rings. The Balaban J connectivity index is 1.51. The van der Waals surface area contributed by atoms with Gasteiger partial charge in [-0.1, -0.05) is 95.4 Å². The maximum atomic E-state index is 6.69. The predicted molar refractivity (Wildman–Crippen MR) is 156 cm³/mol. The van der Waals surface area contributed by atoms with Crippen LogP contribution in [0.5, 0.6) is 0 Å². The van der Waals surface area contributed by atoms with Gasteiger partial charge in [0.2, 0.25) is 0 Å². The minimum atomic E-state index is 0.252. The third kappa shape index (κ3) is 4.77. The Morgan fingerprint density at radius 3 is 2.06 bits per heavy atom. The van der Waals surface area contributed by atoms with Gasteiger partial charge in [-0.2, -0.15) is 0 Å². The number of rotatable bonds is 7. The van der Waals surface area contributed by atoms with Crippen LogP contribution in [-0.2, 0) is 4.74 Å². The molecule has 0 unspecified atom stereocenters. The third-order valence-corrected chi connectivity index (χ3v) is 13.3. The van der Waals surface area contributed by atoms with E-state index in [2.05, 4.69) is 76.2 Å². The molecule has 9 atom stereocenters. The van der Waals surface area contributed by atoms with E-state index in [1.54, 1.807) is 0 Å². The number of ether oxygens (including phenoxy) is 1. The lowest BCUT2D eigenvalue weighted by Crippen LogP contribution is -2.62. The molecular weight excluding hydrogens is 436 g/mol. The van der Waals surface area contributed by atoms with Crippen molar-refractivity contribution in [2.45, 2.75) is 153 Å². The first-order chi connectivity index (χ1) is 16.6. The fourth-order valence-corrected chi connectivity index (χ4v) is 11.1. The van der Waals surface area contributed by atoms with Crippen LogP contribution in [0, 0.1) is 62.6 Å². The zero-order chi connectivity index (χ0) is 26.7. The molecule has 0 aliphatic heterocycles. The highest BCUT2D eigenvalue weighted by Crippen LogP contribution is 2.74. The summed E-state index contributed by atoms with van der Waals surface area (Å²) in [4.78, 5) is 0. The second-order valence-corrected chi connectivity index (χ2v) is 17.4. The maximum Gasteiger partial charge on any atom is 0.0629 e. The van der Waals surface area contributed by atoms with Crippen molar-refractivity contribution in [3.8, 4) is 0 Å². The molecule has 4 aliphatic carbocycles. The molecule has 36 heavy (non-hydrogen) atoms. The molecule has 0 N–H and O–H groups in total. The van der Waals surface area contributed by atoms with Gasteiger partial charge in [-0.05, 0) is 114 Å². The average Bonchev–Trinajstić information content (AvgIpc) is 3.03. The van der Waals surface area contributed by atoms with Crippen LogP contribution in [0.3, 0.4) is 0 Å². The van der Waals surface area contributed by atoms with Crippen molar-refractivity contribution in [2.75, 3.05) is 6.61 Å². The highest BCUT2D eigenvalue weighted by Gasteiger charge is 2.67. The largest absolute Gasteiger partial charge is 0.377 e. The monoisotopic (exact) mass is 500 g/mol. The van der Waals surface area contributed by atoms with E-state index in [1.807, 2.05) is 0 Å². The lowest BCUT2D eigenvalue weighted by atomic mass is 9.38. The normalized spacial score (nSPS) is 45.2. The minimum Gasteiger partial charge on any atom is -0.377 e. The zero-order valence-electron chi connectivity index (χ0n) is 26.4. The van der Waals surface area contributed by atoms with Crippen molar-refractivity contribution in [3.63, 3.8) is 0 Å². The lowest BCUT2D eigenvalue weighted by molar-refractivity contribution is -0.211. The Kier molecular flexibility index (Phi) is 7.93. The molecule has 0 heterocycles. The van der Waals surface area contributed by atoms with Gasteiger partial charge in [0, 0.05) is 0 Å².